The molecule has 1 saturated carbocycles. The molecule has 6 heterocycles. The first-order valence-electron chi connectivity index (χ1n) is 13.8. The lowest BCUT2D eigenvalue weighted by molar-refractivity contribution is -0.0389. The van der Waals surface area contributed by atoms with E-state index >= 15 is 4.39 Å². The van der Waals surface area contributed by atoms with Crippen molar-refractivity contribution in [3.05, 3.63) is 41.7 Å². The predicted molar refractivity (Wildman–Crippen MR) is 159 cm³/mol. The molecule has 1 saturated heterocycles. The summed E-state index contributed by atoms with van der Waals surface area (Å²) in [6.45, 7) is -5.02. The Morgan fingerprint density at radius 3 is 2.61 bits per heavy atom. The zero-order valence-electron chi connectivity index (χ0n) is 23.5. The second-order valence-corrected chi connectivity index (χ2v) is 15.1. The number of anilines is 1. The van der Waals surface area contributed by atoms with Crippen molar-refractivity contribution in [2.45, 2.75) is 37.4 Å². The number of imidazole rings is 3. The lowest BCUT2D eigenvalue weighted by Gasteiger charge is -2.45. The van der Waals surface area contributed by atoms with E-state index in [9.17, 15) is 24.0 Å². The number of nitrogen functional groups attached to an aromatic ring is 1. The summed E-state index contributed by atoms with van der Waals surface area (Å²) in [6, 6.07) is -0.350. The Balaban J connectivity index is 1.01. The smallest absolute Gasteiger partial charge is 0.382 e. The normalized spacial score (nSPS) is 26.6. The van der Waals surface area contributed by atoms with E-state index in [4.69, 9.17) is 24.0 Å². The molecular formula is C23H27FN10O9P2S. The molecular weight excluding hydrogens is 673 g/mol. The molecule has 2 aliphatic rings. The van der Waals surface area contributed by atoms with Gasteiger partial charge < -0.3 is 39.2 Å². The third-order valence-corrected chi connectivity index (χ3v) is 9.99. The van der Waals surface area contributed by atoms with Gasteiger partial charge >= 0.3 is 14.5 Å². The average molecular weight is 701 g/mol. The van der Waals surface area contributed by atoms with Gasteiger partial charge in [-0.05, 0) is 24.1 Å². The number of ether oxygens (including phenoxy) is 1. The highest BCUT2D eigenvalue weighted by atomic mass is 32.5. The first kappa shape index (κ1) is 31.4. The van der Waals surface area contributed by atoms with Crippen molar-refractivity contribution in [1.82, 2.24) is 43.4 Å². The molecule has 1 aliphatic heterocycles. The molecule has 0 aromatic carbocycles. The molecule has 5 aromatic heterocycles. The first-order valence-corrected chi connectivity index (χ1v) is 18.0. The van der Waals surface area contributed by atoms with Gasteiger partial charge in [0.05, 0.1) is 32.5 Å². The molecule has 246 valence electrons. The number of hydrogen-bond acceptors (Lipinski definition) is 13. The third kappa shape index (κ3) is 5.87. The van der Waals surface area contributed by atoms with Crippen LogP contribution in [0, 0.1) is 11.8 Å². The number of rotatable bonds is 11. The number of fused-ring (bicyclic) bond motifs is 3. The number of hydrogen-bond donors (Lipinski definition) is 5. The fraction of sp³-hybridized carbons (Fsp3) is 0.478. The van der Waals surface area contributed by atoms with Gasteiger partial charge in [0.15, 0.2) is 17.0 Å². The highest BCUT2D eigenvalue weighted by molar-refractivity contribution is 8.06. The highest BCUT2D eigenvalue weighted by Crippen LogP contribution is 2.52. The maximum atomic E-state index is 15.0. The Bertz CT molecular complexity index is 2080. The van der Waals surface area contributed by atoms with Crippen molar-refractivity contribution in [2.24, 2.45) is 11.8 Å². The van der Waals surface area contributed by atoms with Gasteiger partial charge in [0.2, 0.25) is 5.78 Å². The van der Waals surface area contributed by atoms with Gasteiger partial charge in [-0.3, -0.25) is 18.4 Å². The number of aromatic amines is 1. The van der Waals surface area contributed by atoms with E-state index < -0.39 is 51.1 Å². The van der Waals surface area contributed by atoms with Crippen LogP contribution in [0.5, 0.6) is 0 Å². The first-order chi connectivity index (χ1) is 21.9. The number of nitrogens with two attached hydrogens (primary N) is 1. The molecule has 5 aromatic rings. The standard InChI is InChI=1S/C23H27FN10O9P2S/c24-13-4-16(34-10-30-18-21(34)31-23-26-1-2-32(23)22(18)35)43-15(13)7-41-44(36,37)40-6-12-11(5-42-45(38,39)46)3-14(12)33-9-29-17-19(25)27-8-28-20(17)33/h1-2,8-16H,3-7H2,(H,26,31)(H,36,37)(H2,25,27,28)(H2,38,39,46)/t11-,12-,13+,14-,15-,16-/m1/s1. The van der Waals surface area contributed by atoms with E-state index in [0.29, 0.717) is 17.6 Å². The summed E-state index contributed by atoms with van der Waals surface area (Å²) in [6.07, 6.45) is 3.67. The predicted octanol–water partition coefficient (Wildman–Crippen LogP) is 0.956. The number of alkyl halides is 1. The van der Waals surface area contributed by atoms with Gasteiger partial charge in [0.25, 0.3) is 5.56 Å². The maximum Gasteiger partial charge on any atom is 0.472 e. The summed E-state index contributed by atoms with van der Waals surface area (Å²) in [5, 5.41) is 0. The van der Waals surface area contributed by atoms with E-state index in [2.05, 4.69) is 41.7 Å². The van der Waals surface area contributed by atoms with Crippen molar-refractivity contribution in [1.29, 1.82) is 0 Å². The Kier molecular flexibility index (Phi) is 8.03. The molecule has 2 fully saturated rings. The van der Waals surface area contributed by atoms with Gasteiger partial charge in [-0.1, -0.05) is 0 Å². The van der Waals surface area contributed by atoms with Gasteiger partial charge in [-0.2, -0.15) is 0 Å². The number of phosphoric ester groups is 1. The summed E-state index contributed by atoms with van der Waals surface area (Å²) in [4.78, 5) is 65.9. The van der Waals surface area contributed by atoms with Gasteiger partial charge in [-0.15, -0.1) is 0 Å². The molecule has 1 unspecified atom stereocenters. The minimum absolute atomic E-state index is 0.105. The molecule has 1 aliphatic carbocycles. The van der Waals surface area contributed by atoms with Crippen LogP contribution in [-0.2, 0) is 34.7 Å². The van der Waals surface area contributed by atoms with Crippen molar-refractivity contribution < 1.29 is 41.9 Å². The monoisotopic (exact) mass is 700 g/mol. The zero-order chi connectivity index (χ0) is 32.4. The molecule has 6 N–H and O–H groups in total. The summed E-state index contributed by atoms with van der Waals surface area (Å²) in [5.74, 6) is -0.403. The molecule has 7 atom stereocenters. The van der Waals surface area contributed by atoms with Crippen LogP contribution < -0.4 is 11.3 Å². The van der Waals surface area contributed by atoms with Crippen molar-refractivity contribution in [3.63, 3.8) is 0 Å². The summed E-state index contributed by atoms with van der Waals surface area (Å²) < 4.78 is 53.7. The molecule has 0 spiro atoms. The van der Waals surface area contributed by atoms with Gasteiger partial charge in [-0.25, -0.2) is 38.3 Å². The zero-order valence-corrected chi connectivity index (χ0v) is 26.1. The van der Waals surface area contributed by atoms with Crippen molar-refractivity contribution in [2.75, 3.05) is 25.6 Å². The van der Waals surface area contributed by atoms with Crippen LogP contribution in [-0.4, -0.2) is 90.2 Å². The van der Waals surface area contributed by atoms with Crippen LogP contribution in [0.25, 0.3) is 28.1 Å². The topological polar surface area (TPSA) is 252 Å². The lowest BCUT2D eigenvalue weighted by atomic mass is 9.70. The Hall–Kier alpha value is -3.23. The average Bonchev–Trinajstić information content (AvgIpc) is 3.77. The lowest BCUT2D eigenvalue weighted by Crippen LogP contribution is -2.43. The number of aromatic nitrogens is 9. The van der Waals surface area contributed by atoms with Crippen LogP contribution in [0.4, 0.5) is 10.2 Å². The fourth-order valence-electron chi connectivity index (χ4n) is 5.88. The molecule has 19 nitrogen and oxygen atoms in total. The molecule has 0 amide bonds. The van der Waals surface area contributed by atoms with Gasteiger partial charge in [0, 0.05) is 30.8 Å². The van der Waals surface area contributed by atoms with E-state index in [0.717, 1.165) is 0 Å². The number of H-pyrrole nitrogens is 1. The van der Waals surface area contributed by atoms with Crippen LogP contribution >= 0.6 is 14.5 Å². The molecule has 0 radical (unpaired) electrons. The van der Waals surface area contributed by atoms with Crippen molar-refractivity contribution in [3.8, 4) is 0 Å². The molecule has 23 heteroatoms. The van der Waals surface area contributed by atoms with Crippen molar-refractivity contribution >= 4 is 60.3 Å². The van der Waals surface area contributed by atoms with E-state index in [1.54, 1.807) is 4.57 Å². The summed E-state index contributed by atoms with van der Waals surface area (Å²) >= 11 is 4.55. The van der Waals surface area contributed by atoms with Crippen LogP contribution in [0.2, 0.25) is 0 Å². The highest BCUT2D eigenvalue weighted by Gasteiger charge is 2.45. The largest absolute Gasteiger partial charge is 0.472 e. The Morgan fingerprint density at radius 1 is 1.04 bits per heavy atom. The summed E-state index contributed by atoms with van der Waals surface area (Å²) in [5.41, 5.74) is 6.69. The minimum atomic E-state index is -4.74. The number of nitrogens with one attached hydrogen (secondary N) is 1. The van der Waals surface area contributed by atoms with Crippen LogP contribution in [0.3, 0.4) is 0 Å². The van der Waals surface area contributed by atoms with Gasteiger partial charge in [0.1, 0.15) is 36.0 Å². The quantitative estimate of drug-likeness (QED) is 0.120. The molecule has 46 heavy (non-hydrogen) atoms. The fourth-order valence-corrected chi connectivity index (χ4v) is 7.22. The second kappa shape index (κ2) is 11.8. The van der Waals surface area contributed by atoms with E-state index in [-0.39, 0.29) is 54.4 Å². The van der Waals surface area contributed by atoms with E-state index in [1.165, 1.54) is 40.3 Å². The number of phosphoric acid groups is 1. The van der Waals surface area contributed by atoms with Crippen LogP contribution in [0.1, 0.15) is 25.1 Å². The number of halogens is 1. The SMILES string of the molecule is Nc1ncnc2c1ncn2[C@@H]1C[C@H](COP(O)(O)=S)[C@H]1COP(=O)(O)OC[C@H]1O[C@@H](n2cnc3c(=O)n4ccnc4[nH]c32)C[C@@H]1F. The minimum Gasteiger partial charge on any atom is -0.382 e. The second-order valence-electron chi connectivity index (χ2n) is 10.9. The number of nitrogens with zero attached hydrogens (tertiary/aromatic N) is 8. The summed E-state index contributed by atoms with van der Waals surface area (Å²) in [7, 11) is -4.74. The third-order valence-electron chi connectivity index (χ3n) is 8.24. The Morgan fingerprint density at radius 2 is 1.80 bits per heavy atom. The Labute approximate surface area is 262 Å². The molecule has 0 bridgehead atoms. The van der Waals surface area contributed by atoms with Crippen LogP contribution in [0.15, 0.2) is 36.2 Å². The molecule has 7 rings (SSSR count). The van der Waals surface area contributed by atoms with E-state index in [1.807, 2.05) is 0 Å². The maximum absolute atomic E-state index is 15.0.